The van der Waals surface area contributed by atoms with Gasteiger partial charge >= 0.3 is 0 Å². The van der Waals surface area contributed by atoms with Crippen LogP contribution >= 0.6 is 39.3 Å². The van der Waals surface area contributed by atoms with Crippen molar-refractivity contribution in [1.29, 1.82) is 0 Å². The van der Waals surface area contributed by atoms with Crippen LogP contribution in [-0.2, 0) is 0 Å². The number of halogens is 2. The highest BCUT2D eigenvalue weighted by Gasteiger charge is 2.20. The molecule has 0 atom stereocenters. The van der Waals surface area contributed by atoms with Crippen molar-refractivity contribution in [2.45, 2.75) is 6.42 Å². The van der Waals surface area contributed by atoms with E-state index >= 15 is 0 Å². The van der Waals surface area contributed by atoms with Crippen LogP contribution < -0.4 is 0 Å². The second-order valence-corrected chi connectivity index (χ2v) is 6.32. The zero-order valence-electron chi connectivity index (χ0n) is 9.29. The van der Waals surface area contributed by atoms with E-state index in [4.69, 9.17) is 11.6 Å². The number of carbonyl (C=O) groups excluding carboxylic acids is 1. The normalized spacial score (nSPS) is 16.7. The molecular weight excluding hydrogens is 322 g/mol. The van der Waals surface area contributed by atoms with E-state index in [1.165, 1.54) is 0 Å². The summed E-state index contributed by atoms with van der Waals surface area (Å²) in [6.45, 7) is 1.64. The second-order valence-electron chi connectivity index (χ2n) is 3.86. The first-order chi connectivity index (χ1) is 8.20. The van der Waals surface area contributed by atoms with Crippen LogP contribution in [0.1, 0.15) is 16.8 Å². The molecule has 0 aromatic heterocycles. The molecule has 0 saturated carbocycles. The van der Waals surface area contributed by atoms with Gasteiger partial charge in [0.15, 0.2) is 0 Å². The summed E-state index contributed by atoms with van der Waals surface area (Å²) in [5, 5.41) is 0.509. The smallest absolute Gasteiger partial charge is 0.255 e. The zero-order chi connectivity index (χ0) is 12.3. The van der Waals surface area contributed by atoms with Gasteiger partial charge in [-0.1, -0.05) is 17.7 Å². The molecule has 1 amide bonds. The lowest BCUT2D eigenvalue weighted by Gasteiger charge is -2.20. The molecule has 92 valence electrons. The number of hydrogen-bond acceptors (Lipinski definition) is 2. The van der Waals surface area contributed by atoms with Gasteiger partial charge in [-0.15, -0.1) is 0 Å². The van der Waals surface area contributed by atoms with Gasteiger partial charge in [0, 0.05) is 23.3 Å². The molecule has 0 N–H and O–H groups in total. The lowest BCUT2D eigenvalue weighted by Crippen LogP contribution is -2.33. The van der Waals surface area contributed by atoms with Crippen LogP contribution in [0.4, 0.5) is 0 Å². The summed E-state index contributed by atoms with van der Waals surface area (Å²) in [6.07, 6.45) is 1.06. The number of nitrogens with zero attached hydrogens (tertiary/aromatic N) is 1. The van der Waals surface area contributed by atoms with Crippen LogP contribution in [0.25, 0.3) is 0 Å². The lowest BCUT2D eigenvalue weighted by molar-refractivity contribution is 0.0768. The van der Waals surface area contributed by atoms with Gasteiger partial charge in [-0.2, -0.15) is 11.8 Å². The van der Waals surface area contributed by atoms with Gasteiger partial charge in [-0.05, 0) is 40.2 Å². The Morgan fingerprint density at radius 2 is 2.18 bits per heavy atom. The fourth-order valence-corrected chi connectivity index (χ4v) is 3.25. The molecule has 5 heteroatoms. The number of thioether (sulfide) groups is 1. The summed E-state index contributed by atoms with van der Waals surface area (Å²) in [5.74, 6) is 2.19. The summed E-state index contributed by atoms with van der Waals surface area (Å²) >= 11 is 11.4. The maximum absolute atomic E-state index is 12.3. The Kier molecular flexibility index (Phi) is 4.77. The molecule has 17 heavy (non-hydrogen) atoms. The Balaban J connectivity index is 2.20. The Bertz CT molecular complexity index is 419. The molecule has 1 aromatic carbocycles. The third-order valence-corrected chi connectivity index (χ3v) is 5.04. The molecule has 1 aromatic rings. The van der Waals surface area contributed by atoms with Gasteiger partial charge in [0.05, 0.1) is 10.6 Å². The zero-order valence-corrected chi connectivity index (χ0v) is 12.4. The monoisotopic (exact) mass is 333 g/mol. The summed E-state index contributed by atoms with van der Waals surface area (Å²) in [4.78, 5) is 14.2. The third-order valence-electron chi connectivity index (χ3n) is 2.69. The van der Waals surface area contributed by atoms with E-state index in [9.17, 15) is 4.79 Å². The Morgan fingerprint density at radius 3 is 3.00 bits per heavy atom. The third kappa shape index (κ3) is 3.18. The van der Waals surface area contributed by atoms with Crippen LogP contribution in [0.3, 0.4) is 0 Å². The highest BCUT2D eigenvalue weighted by molar-refractivity contribution is 9.10. The van der Waals surface area contributed by atoms with Crippen molar-refractivity contribution in [3.8, 4) is 0 Å². The topological polar surface area (TPSA) is 20.3 Å². The molecule has 1 aliphatic heterocycles. The van der Waals surface area contributed by atoms with Crippen LogP contribution in [0, 0.1) is 0 Å². The summed E-state index contributed by atoms with van der Waals surface area (Å²) < 4.78 is 0.772. The van der Waals surface area contributed by atoms with Gasteiger partial charge in [-0.3, -0.25) is 4.79 Å². The van der Waals surface area contributed by atoms with Gasteiger partial charge in [0.2, 0.25) is 0 Å². The Morgan fingerprint density at radius 1 is 1.35 bits per heavy atom. The predicted molar refractivity (Wildman–Crippen MR) is 77.0 cm³/mol. The highest BCUT2D eigenvalue weighted by Crippen LogP contribution is 2.27. The number of rotatable bonds is 1. The first-order valence-electron chi connectivity index (χ1n) is 5.51. The van der Waals surface area contributed by atoms with Crippen molar-refractivity contribution in [2.24, 2.45) is 0 Å². The minimum atomic E-state index is 0.0406. The Labute approximate surface area is 119 Å². The Hall–Kier alpha value is -0.190. The molecule has 2 nitrogen and oxygen atoms in total. The molecule has 0 spiro atoms. The first kappa shape index (κ1) is 13.2. The lowest BCUT2D eigenvalue weighted by atomic mass is 10.2. The van der Waals surface area contributed by atoms with E-state index in [0.29, 0.717) is 10.6 Å². The molecule has 1 aliphatic rings. The fraction of sp³-hybridized carbons (Fsp3) is 0.417. The SMILES string of the molecule is O=C(c1cccc(Br)c1Cl)N1CCCSCC1. The van der Waals surface area contributed by atoms with Crippen LogP contribution in [-0.4, -0.2) is 35.4 Å². The standard InChI is InChI=1S/C12H13BrClNOS/c13-10-4-1-3-9(11(10)14)12(16)15-5-2-7-17-8-6-15/h1,3-4H,2,5-8H2. The van der Waals surface area contributed by atoms with E-state index < -0.39 is 0 Å². The number of benzene rings is 1. The minimum absolute atomic E-state index is 0.0406. The molecule has 1 saturated heterocycles. The molecule has 2 rings (SSSR count). The van der Waals surface area contributed by atoms with E-state index in [-0.39, 0.29) is 5.91 Å². The quantitative estimate of drug-likeness (QED) is 0.781. The van der Waals surface area contributed by atoms with Gasteiger partial charge in [0.25, 0.3) is 5.91 Å². The van der Waals surface area contributed by atoms with Crippen molar-refractivity contribution in [3.05, 3.63) is 33.3 Å². The summed E-state index contributed by atoms with van der Waals surface area (Å²) in [7, 11) is 0. The van der Waals surface area contributed by atoms with Crippen molar-refractivity contribution >= 4 is 45.2 Å². The first-order valence-corrected chi connectivity index (χ1v) is 7.84. The molecule has 1 fully saturated rings. The number of hydrogen-bond donors (Lipinski definition) is 0. The average molecular weight is 335 g/mol. The maximum atomic E-state index is 12.3. The van der Waals surface area contributed by atoms with E-state index in [1.54, 1.807) is 6.07 Å². The van der Waals surface area contributed by atoms with Crippen LogP contribution in [0.15, 0.2) is 22.7 Å². The average Bonchev–Trinajstić information content (AvgIpc) is 2.60. The summed E-state index contributed by atoms with van der Waals surface area (Å²) in [6, 6.07) is 5.47. The molecule has 0 aliphatic carbocycles. The molecule has 0 radical (unpaired) electrons. The second kappa shape index (κ2) is 6.12. The van der Waals surface area contributed by atoms with Gasteiger partial charge < -0.3 is 4.90 Å². The van der Waals surface area contributed by atoms with Crippen LogP contribution in [0.5, 0.6) is 0 Å². The summed E-state index contributed by atoms with van der Waals surface area (Å²) in [5.41, 5.74) is 0.591. The minimum Gasteiger partial charge on any atom is -0.338 e. The van der Waals surface area contributed by atoms with Gasteiger partial charge in [-0.25, -0.2) is 0 Å². The molecule has 0 bridgehead atoms. The molecule has 1 heterocycles. The van der Waals surface area contributed by atoms with Crippen molar-refractivity contribution in [1.82, 2.24) is 4.90 Å². The van der Waals surface area contributed by atoms with Crippen molar-refractivity contribution in [2.75, 3.05) is 24.6 Å². The largest absolute Gasteiger partial charge is 0.338 e. The predicted octanol–water partition coefficient (Wildman–Crippen LogP) is 3.68. The molecule has 0 unspecified atom stereocenters. The van der Waals surface area contributed by atoms with Crippen molar-refractivity contribution in [3.63, 3.8) is 0 Å². The van der Waals surface area contributed by atoms with E-state index in [1.807, 2.05) is 28.8 Å². The highest BCUT2D eigenvalue weighted by atomic mass is 79.9. The number of amides is 1. The van der Waals surface area contributed by atoms with Crippen molar-refractivity contribution < 1.29 is 4.79 Å². The fourth-order valence-electron chi connectivity index (χ4n) is 1.79. The number of carbonyl (C=O) groups is 1. The molecular formula is C12H13BrClNOS. The van der Waals surface area contributed by atoms with Crippen LogP contribution in [0.2, 0.25) is 5.02 Å². The van der Waals surface area contributed by atoms with E-state index in [2.05, 4.69) is 15.9 Å². The van der Waals surface area contributed by atoms with E-state index in [0.717, 1.165) is 35.5 Å². The van der Waals surface area contributed by atoms with Gasteiger partial charge in [0.1, 0.15) is 0 Å². The maximum Gasteiger partial charge on any atom is 0.255 e.